The van der Waals surface area contributed by atoms with Crippen molar-refractivity contribution in [3.63, 3.8) is 0 Å². The minimum absolute atomic E-state index is 0.00669. The van der Waals surface area contributed by atoms with Gasteiger partial charge in [-0.15, -0.1) is 11.8 Å². The van der Waals surface area contributed by atoms with Crippen LogP contribution in [0.15, 0.2) is 133 Å². The summed E-state index contributed by atoms with van der Waals surface area (Å²) in [5.74, 6) is 8.33. The highest BCUT2D eigenvalue weighted by Crippen LogP contribution is 2.56. The molecule has 4 amide bonds. The van der Waals surface area contributed by atoms with Crippen molar-refractivity contribution in [2.75, 3.05) is 9.80 Å². The van der Waals surface area contributed by atoms with E-state index < -0.39 is 52.5 Å². The number of ether oxygens (including phenoxy) is 2. The van der Waals surface area contributed by atoms with Crippen molar-refractivity contribution < 1.29 is 55.0 Å². The van der Waals surface area contributed by atoms with Crippen molar-refractivity contribution in [2.45, 2.75) is 31.6 Å². The highest BCUT2D eigenvalue weighted by molar-refractivity contribution is 6.35. The number of amides is 4. The van der Waals surface area contributed by atoms with Gasteiger partial charge in [-0.25, -0.2) is 9.80 Å². The fraction of sp³-hybridized carbons (Fsp3) is 0.102. The minimum Gasteiger partial charge on any atom is -0.457 e. The van der Waals surface area contributed by atoms with E-state index in [1.54, 1.807) is 62.4 Å². The maximum atomic E-state index is 15.0. The van der Waals surface area contributed by atoms with Gasteiger partial charge in [0.1, 0.15) is 23.0 Å². The van der Waals surface area contributed by atoms with Gasteiger partial charge in [0.25, 0.3) is 23.6 Å². The van der Waals surface area contributed by atoms with Crippen molar-refractivity contribution in [2.24, 2.45) is 0 Å². The number of hydrogen-bond acceptors (Lipinski definition) is 6. The topological polar surface area (TPSA) is 93.2 Å². The fourth-order valence-corrected chi connectivity index (χ4v) is 7.57. The quantitative estimate of drug-likeness (QED) is 0.0860. The van der Waals surface area contributed by atoms with Gasteiger partial charge in [0.05, 0.1) is 33.6 Å². The number of benzene rings is 6. The lowest BCUT2D eigenvalue weighted by Gasteiger charge is -2.38. The Morgan fingerprint density at radius 2 is 0.778 bits per heavy atom. The molecule has 8 nitrogen and oxygen atoms in total. The molecule has 2 aliphatic rings. The smallest absolute Gasteiger partial charge is 0.411 e. The second-order valence-electron chi connectivity index (χ2n) is 14.2. The molecule has 0 aliphatic carbocycles. The summed E-state index contributed by atoms with van der Waals surface area (Å²) < 4.78 is 102. The molecule has 2 heterocycles. The first-order valence-electron chi connectivity index (χ1n) is 18.9. The summed E-state index contributed by atoms with van der Waals surface area (Å²) in [6.07, 6.45) is -11.8. The van der Waals surface area contributed by atoms with Gasteiger partial charge in [-0.05, 0) is 122 Å². The van der Waals surface area contributed by atoms with E-state index in [4.69, 9.17) is 9.47 Å². The predicted molar refractivity (Wildman–Crippen MR) is 219 cm³/mol. The summed E-state index contributed by atoms with van der Waals surface area (Å²) >= 11 is 0. The van der Waals surface area contributed by atoms with Crippen LogP contribution in [0, 0.1) is 23.7 Å². The molecule has 0 unspecified atom stereocenters. The molecular weight excluding hydrogens is 827 g/mol. The Morgan fingerprint density at radius 1 is 0.429 bits per heavy atom. The number of halogens is 6. The van der Waals surface area contributed by atoms with E-state index in [-0.39, 0.29) is 56.6 Å². The Kier molecular flexibility index (Phi) is 10.4. The summed E-state index contributed by atoms with van der Waals surface area (Å²) in [4.78, 5) is 55.1. The van der Waals surface area contributed by atoms with Crippen LogP contribution in [0.5, 0.6) is 23.0 Å². The van der Waals surface area contributed by atoms with E-state index in [1.165, 1.54) is 36.4 Å². The zero-order chi connectivity index (χ0) is 44.8. The molecule has 0 aromatic heterocycles. The van der Waals surface area contributed by atoms with Crippen molar-refractivity contribution in [3.8, 4) is 46.7 Å². The zero-order valence-electron chi connectivity index (χ0n) is 32.8. The van der Waals surface area contributed by atoms with Gasteiger partial charge in [-0.2, -0.15) is 26.3 Å². The molecule has 14 heteroatoms. The van der Waals surface area contributed by atoms with Crippen LogP contribution < -0.4 is 19.3 Å². The van der Waals surface area contributed by atoms with E-state index in [2.05, 4.69) is 23.7 Å². The van der Waals surface area contributed by atoms with Gasteiger partial charge < -0.3 is 9.47 Å². The van der Waals surface area contributed by atoms with Crippen LogP contribution in [0.2, 0.25) is 0 Å². The van der Waals surface area contributed by atoms with Crippen LogP contribution in [-0.2, 0) is 5.41 Å². The average Bonchev–Trinajstić information content (AvgIpc) is 3.64. The Balaban J connectivity index is 1.03. The third-order valence-corrected chi connectivity index (χ3v) is 10.4. The van der Waals surface area contributed by atoms with E-state index in [0.717, 1.165) is 34.1 Å². The molecule has 0 spiro atoms. The minimum atomic E-state index is -5.90. The number of rotatable bonds is 8. The molecule has 0 N–H and O–H groups in total. The molecule has 0 saturated carbocycles. The van der Waals surface area contributed by atoms with Gasteiger partial charge in [0, 0.05) is 11.1 Å². The standard InChI is InChI=1S/C49H28F6N2O6/c1-3-7-29-9-5-11-33(25-29)56-43(58)39-23-21-37(27-41(39)45(56)60)62-35-17-13-31(14-18-35)47(48(50,51)52,49(53,54)55)32-15-19-36(20-16-32)63-38-22-24-40-42(28-38)46(61)57(44(40)59)34-12-6-10-30(26-34)8-4-2/h5-6,9-28H,1-2H3. The Bertz CT molecular complexity index is 2800. The monoisotopic (exact) mass is 854 g/mol. The van der Waals surface area contributed by atoms with Crippen molar-refractivity contribution in [3.05, 3.63) is 178 Å². The normalized spacial score (nSPS) is 13.5. The van der Waals surface area contributed by atoms with Crippen molar-refractivity contribution >= 4 is 35.0 Å². The van der Waals surface area contributed by atoms with Gasteiger partial charge >= 0.3 is 12.4 Å². The van der Waals surface area contributed by atoms with Crippen LogP contribution >= 0.6 is 0 Å². The van der Waals surface area contributed by atoms with E-state index in [9.17, 15) is 19.2 Å². The van der Waals surface area contributed by atoms with Gasteiger partial charge in [0.2, 0.25) is 5.41 Å². The fourth-order valence-electron chi connectivity index (χ4n) is 7.57. The van der Waals surface area contributed by atoms with Gasteiger partial charge in [-0.1, -0.05) is 48.2 Å². The van der Waals surface area contributed by atoms with Crippen molar-refractivity contribution in [1.82, 2.24) is 0 Å². The van der Waals surface area contributed by atoms with Gasteiger partial charge in [0.15, 0.2) is 0 Å². The Hall–Kier alpha value is -8.10. The molecule has 0 saturated heterocycles. The molecule has 63 heavy (non-hydrogen) atoms. The maximum absolute atomic E-state index is 15.0. The highest BCUT2D eigenvalue weighted by Gasteiger charge is 2.72. The van der Waals surface area contributed by atoms with Crippen LogP contribution in [-0.4, -0.2) is 36.0 Å². The molecule has 312 valence electrons. The number of carbonyl (C=O) groups is 4. The number of anilines is 2. The first-order chi connectivity index (χ1) is 30.0. The lowest BCUT2D eigenvalue weighted by Crippen LogP contribution is -2.54. The Labute approximate surface area is 355 Å². The molecule has 0 fully saturated rings. The molecule has 0 bridgehead atoms. The Morgan fingerprint density at radius 3 is 1.13 bits per heavy atom. The van der Waals surface area contributed by atoms with E-state index in [1.807, 2.05) is 0 Å². The predicted octanol–water partition coefficient (Wildman–Crippen LogP) is 11.0. The third kappa shape index (κ3) is 7.21. The molecular formula is C49H28F6N2O6. The first-order valence-corrected chi connectivity index (χ1v) is 18.9. The molecule has 0 radical (unpaired) electrons. The third-order valence-electron chi connectivity index (χ3n) is 10.4. The number of nitrogens with zero attached hydrogens (tertiary/aromatic N) is 2. The summed E-state index contributed by atoms with van der Waals surface area (Å²) in [7, 11) is 0. The van der Waals surface area contributed by atoms with Crippen LogP contribution in [0.1, 0.15) is 77.5 Å². The van der Waals surface area contributed by atoms with Crippen molar-refractivity contribution in [1.29, 1.82) is 0 Å². The lowest BCUT2D eigenvalue weighted by atomic mass is 9.73. The average molecular weight is 855 g/mol. The van der Waals surface area contributed by atoms with Crippen LogP contribution in [0.4, 0.5) is 37.7 Å². The summed E-state index contributed by atoms with van der Waals surface area (Å²) in [5.41, 5.74) is -5.03. The SMILES string of the molecule is CC#Cc1cccc(N2C(=O)c3ccc(Oc4ccc(C(c5ccc(Oc6ccc7c(c6)C(=O)N(c6cccc(C#CC)c6)C7=O)cc5)(C(F)(F)F)C(F)(F)F)cc4)cc3C2=O)c1. The second-order valence-corrected chi connectivity index (χ2v) is 14.2. The first kappa shape index (κ1) is 41.6. The highest BCUT2D eigenvalue weighted by atomic mass is 19.4. The van der Waals surface area contributed by atoms with E-state index >= 15 is 26.3 Å². The number of hydrogen-bond donors (Lipinski definition) is 0. The molecule has 0 atom stereocenters. The number of carbonyl (C=O) groups excluding carboxylic acids is 4. The summed E-state index contributed by atoms with van der Waals surface area (Å²) in [6, 6.07) is 27.2. The largest absolute Gasteiger partial charge is 0.457 e. The zero-order valence-corrected chi connectivity index (χ0v) is 32.8. The second kappa shape index (κ2) is 15.7. The number of fused-ring (bicyclic) bond motifs is 2. The van der Waals surface area contributed by atoms with E-state index in [0.29, 0.717) is 35.4 Å². The van der Waals surface area contributed by atoms with Gasteiger partial charge in [-0.3, -0.25) is 19.2 Å². The molecule has 6 aromatic carbocycles. The molecule has 8 rings (SSSR count). The maximum Gasteiger partial charge on any atom is 0.411 e. The van der Waals surface area contributed by atoms with Crippen LogP contribution in [0.25, 0.3) is 0 Å². The molecule has 2 aliphatic heterocycles. The summed E-state index contributed by atoms with van der Waals surface area (Å²) in [5, 5.41) is 0. The number of alkyl halides is 6. The number of imide groups is 2. The molecule has 6 aromatic rings. The summed E-state index contributed by atoms with van der Waals surface area (Å²) in [6.45, 7) is 3.27. The van der Waals surface area contributed by atoms with Crippen LogP contribution in [0.3, 0.4) is 0 Å². The lowest BCUT2D eigenvalue weighted by molar-refractivity contribution is -0.288.